The summed E-state index contributed by atoms with van der Waals surface area (Å²) in [6.45, 7) is 3.42. The molecule has 2 fully saturated rings. The summed E-state index contributed by atoms with van der Waals surface area (Å²) in [6.07, 6.45) is 6.19. The molecule has 23 heavy (non-hydrogen) atoms. The Kier molecular flexibility index (Phi) is 4.61. The molecule has 0 aromatic heterocycles. The summed E-state index contributed by atoms with van der Waals surface area (Å²) in [6, 6.07) is 5.61. The van der Waals surface area contributed by atoms with Gasteiger partial charge in [-0.2, -0.15) is 0 Å². The van der Waals surface area contributed by atoms with Gasteiger partial charge in [-0.15, -0.1) is 0 Å². The minimum atomic E-state index is -0.418. The highest BCUT2D eigenvalue weighted by Gasteiger charge is 2.30. The Balaban J connectivity index is 1.70. The van der Waals surface area contributed by atoms with Crippen LogP contribution in [0.2, 0.25) is 0 Å². The Bertz CT molecular complexity index is 611. The Morgan fingerprint density at radius 2 is 2.04 bits per heavy atom. The molecule has 1 aliphatic heterocycles. The fourth-order valence-corrected chi connectivity index (χ4v) is 3.75. The van der Waals surface area contributed by atoms with Gasteiger partial charge in [0, 0.05) is 36.8 Å². The number of nitrogens with one attached hydrogen (secondary N) is 1. The van der Waals surface area contributed by atoms with Crippen molar-refractivity contribution in [2.75, 3.05) is 18.4 Å². The number of carbonyl (C=O) groups excluding carboxylic acids is 1. The van der Waals surface area contributed by atoms with E-state index in [2.05, 4.69) is 10.2 Å². The molecule has 1 aliphatic carbocycles. The summed E-state index contributed by atoms with van der Waals surface area (Å²) in [7, 11) is 0. The lowest BCUT2D eigenvalue weighted by atomic mass is 10.1. The summed E-state index contributed by atoms with van der Waals surface area (Å²) in [4.78, 5) is 24.8. The molecule has 1 N–H and O–H groups in total. The summed E-state index contributed by atoms with van der Waals surface area (Å²) in [5, 5.41) is 14.6. The normalized spacial score (nSPS) is 22.4. The number of Topliss-reactive ketones (excluding diaryl/α,β-unsaturated/α-hetero) is 1. The average Bonchev–Trinajstić information content (AvgIpc) is 3.17. The number of nitro groups is 1. The molecule has 2 aliphatic rings. The Hall–Kier alpha value is -1.95. The fourth-order valence-electron chi connectivity index (χ4n) is 3.75. The number of hydrogen-bond donors (Lipinski definition) is 1. The molecule has 1 saturated heterocycles. The van der Waals surface area contributed by atoms with E-state index in [1.54, 1.807) is 12.1 Å². The molecule has 0 amide bonds. The van der Waals surface area contributed by atoms with E-state index in [4.69, 9.17) is 0 Å². The number of benzene rings is 1. The Morgan fingerprint density at radius 1 is 1.30 bits per heavy atom. The summed E-state index contributed by atoms with van der Waals surface area (Å²) in [5.74, 6) is -0.159. The van der Waals surface area contributed by atoms with E-state index in [1.165, 1.54) is 38.7 Å². The minimum Gasteiger partial charge on any atom is -0.375 e. The third-order valence-electron chi connectivity index (χ3n) is 5.02. The number of likely N-dealkylation sites (tertiary alicyclic amines) is 1. The van der Waals surface area contributed by atoms with Crippen molar-refractivity contribution < 1.29 is 9.72 Å². The summed E-state index contributed by atoms with van der Waals surface area (Å²) >= 11 is 0. The molecule has 1 atom stereocenters. The van der Waals surface area contributed by atoms with E-state index in [1.807, 2.05) is 0 Å². The van der Waals surface area contributed by atoms with Crippen LogP contribution in [-0.4, -0.2) is 40.8 Å². The van der Waals surface area contributed by atoms with Crippen molar-refractivity contribution in [3.63, 3.8) is 0 Å². The van der Waals surface area contributed by atoms with Crippen LogP contribution in [-0.2, 0) is 0 Å². The van der Waals surface area contributed by atoms with Gasteiger partial charge in [-0.3, -0.25) is 19.8 Å². The largest absolute Gasteiger partial charge is 0.375 e. The molecule has 1 aromatic carbocycles. The number of nitro benzene ring substituents is 1. The summed E-state index contributed by atoms with van der Waals surface area (Å²) in [5.41, 5.74) is 0.872. The van der Waals surface area contributed by atoms with Crippen LogP contribution >= 0.6 is 0 Å². The van der Waals surface area contributed by atoms with Gasteiger partial charge in [0.25, 0.3) is 5.69 Å². The van der Waals surface area contributed by atoms with Crippen molar-refractivity contribution >= 4 is 17.2 Å². The molecular weight excluding hydrogens is 294 g/mol. The third-order valence-corrected chi connectivity index (χ3v) is 5.02. The van der Waals surface area contributed by atoms with Gasteiger partial charge >= 0.3 is 0 Å². The fraction of sp³-hybridized carbons (Fsp3) is 0.588. The van der Waals surface area contributed by atoms with Gasteiger partial charge in [0.2, 0.25) is 0 Å². The minimum absolute atomic E-state index is 0.0167. The number of hydrogen-bond acceptors (Lipinski definition) is 5. The molecule has 0 radical (unpaired) electrons. The van der Waals surface area contributed by atoms with Gasteiger partial charge in [-0.25, -0.2) is 0 Å². The monoisotopic (exact) mass is 317 g/mol. The van der Waals surface area contributed by atoms with E-state index in [0.29, 0.717) is 17.3 Å². The second-order valence-electron chi connectivity index (χ2n) is 6.61. The van der Waals surface area contributed by atoms with Crippen LogP contribution in [0.25, 0.3) is 0 Å². The lowest BCUT2D eigenvalue weighted by molar-refractivity contribution is -0.384. The quantitative estimate of drug-likeness (QED) is 0.512. The maximum absolute atomic E-state index is 11.4. The van der Waals surface area contributed by atoms with Crippen LogP contribution < -0.4 is 5.32 Å². The van der Waals surface area contributed by atoms with Crippen LogP contribution in [0.5, 0.6) is 0 Å². The Labute approximate surface area is 136 Å². The van der Waals surface area contributed by atoms with Crippen LogP contribution in [0.1, 0.15) is 49.4 Å². The first-order valence-corrected chi connectivity index (χ1v) is 8.34. The number of ketones is 1. The predicted octanol–water partition coefficient (Wildman–Crippen LogP) is 3.23. The molecule has 1 heterocycles. The third kappa shape index (κ3) is 3.52. The van der Waals surface area contributed by atoms with Crippen molar-refractivity contribution in [3.05, 3.63) is 33.9 Å². The van der Waals surface area contributed by atoms with Gasteiger partial charge in [0.1, 0.15) is 5.69 Å². The zero-order valence-electron chi connectivity index (χ0n) is 13.5. The first-order chi connectivity index (χ1) is 11.0. The van der Waals surface area contributed by atoms with Gasteiger partial charge in [-0.1, -0.05) is 12.8 Å². The highest BCUT2D eigenvalue weighted by atomic mass is 16.6. The van der Waals surface area contributed by atoms with Gasteiger partial charge in [0.05, 0.1) is 4.92 Å². The molecule has 0 bridgehead atoms. The van der Waals surface area contributed by atoms with Crippen LogP contribution in [0.3, 0.4) is 0 Å². The zero-order valence-corrected chi connectivity index (χ0v) is 13.5. The van der Waals surface area contributed by atoms with E-state index < -0.39 is 4.92 Å². The smallest absolute Gasteiger partial charge is 0.293 e. The maximum Gasteiger partial charge on any atom is 0.293 e. The highest BCUT2D eigenvalue weighted by Crippen LogP contribution is 2.30. The second kappa shape index (κ2) is 6.66. The lowest BCUT2D eigenvalue weighted by Crippen LogP contribution is -2.33. The maximum atomic E-state index is 11.4. The van der Waals surface area contributed by atoms with E-state index >= 15 is 0 Å². The van der Waals surface area contributed by atoms with Gasteiger partial charge in [-0.05, 0) is 38.3 Å². The predicted molar refractivity (Wildman–Crippen MR) is 89.0 cm³/mol. The molecular formula is C17H23N3O3. The number of nitrogens with zero attached hydrogens (tertiary/aromatic N) is 2. The molecule has 1 aromatic rings. The van der Waals surface area contributed by atoms with Gasteiger partial charge < -0.3 is 5.32 Å². The van der Waals surface area contributed by atoms with Crippen molar-refractivity contribution in [3.8, 4) is 0 Å². The number of carbonyl (C=O) groups is 1. The van der Waals surface area contributed by atoms with E-state index in [9.17, 15) is 14.9 Å². The zero-order chi connectivity index (χ0) is 16.4. The first kappa shape index (κ1) is 15.9. The Morgan fingerprint density at radius 3 is 2.70 bits per heavy atom. The molecule has 6 nitrogen and oxygen atoms in total. The van der Waals surface area contributed by atoms with Crippen molar-refractivity contribution in [2.24, 2.45) is 0 Å². The molecule has 124 valence electrons. The first-order valence-electron chi connectivity index (χ1n) is 8.34. The molecule has 6 heteroatoms. The van der Waals surface area contributed by atoms with E-state index in [-0.39, 0.29) is 17.5 Å². The lowest BCUT2D eigenvalue weighted by Gasteiger charge is -2.23. The highest BCUT2D eigenvalue weighted by molar-refractivity contribution is 5.95. The molecule has 1 unspecified atom stereocenters. The molecule has 0 spiro atoms. The molecule has 1 saturated carbocycles. The van der Waals surface area contributed by atoms with Crippen molar-refractivity contribution in [2.45, 2.75) is 51.1 Å². The van der Waals surface area contributed by atoms with Gasteiger partial charge in [0.15, 0.2) is 5.78 Å². The molecule has 3 rings (SSSR count). The SMILES string of the molecule is CC(=O)c1ccc(NC2CCN(C3CCCC3)C2)c([N+](=O)[O-])c1. The van der Waals surface area contributed by atoms with Crippen molar-refractivity contribution in [1.29, 1.82) is 0 Å². The van der Waals surface area contributed by atoms with Crippen molar-refractivity contribution in [1.82, 2.24) is 4.90 Å². The van der Waals surface area contributed by atoms with Crippen LogP contribution in [0.15, 0.2) is 18.2 Å². The van der Waals surface area contributed by atoms with Crippen LogP contribution in [0, 0.1) is 10.1 Å². The standard InChI is InChI=1S/C17H23N3O3/c1-12(21)13-6-7-16(17(10-13)20(22)23)18-14-8-9-19(11-14)15-4-2-3-5-15/h6-7,10,14-15,18H,2-5,8-9,11H2,1H3. The van der Waals surface area contributed by atoms with Crippen LogP contribution in [0.4, 0.5) is 11.4 Å². The number of rotatable bonds is 5. The summed E-state index contributed by atoms with van der Waals surface area (Å²) < 4.78 is 0. The number of anilines is 1. The average molecular weight is 317 g/mol. The topological polar surface area (TPSA) is 75.5 Å². The second-order valence-corrected chi connectivity index (χ2v) is 6.61. The van der Waals surface area contributed by atoms with E-state index in [0.717, 1.165) is 19.5 Å².